The Labute approximate surface area is 104 Å². The summed E-state index contributed by atoms with van der Waals surface area (Å²) in [4.78, 5) is 0. The molecule has 4 heavy (non-hydrogen) atoms. The Morgan fingerprint density at radius 3 is 1.00 bits per heavy atom. The zero-order valence-electron chi connectivity index (χ0n) is 3.32. The zero-order valence-corrected chi connectivity index (χ0v) is 11.1. The van der Waals surface area contributed by atoms with Crippen LogP contribution in [-0.2, 0) is 37.2 Å². The van der Waals surface area contributed by atoms with E-state index in [4.69, 9.17) is 0 Å². The van der Waals surface area contributed by atoms with Crippen LogP contribution in [0.5, 0.6) is 0 Å². The minimum Gasteiger partial charge on any atom is -2.00 e. The molecular weight excluding hydrogens is 256 g/mol. The molecule has 0 aromatic heterocycles. The summed E-state index contributed by atoms with van der Waals surface area (Å²) in [6, 6.07) is 0. The molecule has 0 N–H and O–H groups in total. The molecule has 0 spiro atoms. The van der Waals surface area contributed by atoms with Crippen molar-refractivity contribution < 1.29 is 107 Å². The average molecular weight is 257 g/mol. The van der Waals surface area contributed by atoms with E-state index in [-0.39, 0.29) is 107 Å². The standard InChI is InChI=1S/Cs.2O.Zr.H/q+1;2*-2;+4;-1. The molecule has 0 saturated carbocycles. The summed E-state index contributed by atoms with van der Waals surface area (Å²) in [6.45, 7) is 0. The molecule has 2 nitrogen and oxygen atoms in total. The first-order valence-electron chi connectivity index (χ1n) is 0. The van der Waals surface area contributed by atoms with Crippen molar-refractivity contribution in [3.05, 3.63) is 0 Å². The number of rotatable bonds is 0. The van der Waals surface area contributed by atoms with E-state index in [2.05, 4.69) is 0 Å². The summed E-state index contributed by atoms with van der Waals surface area (Å²) in [5.41, 5.74) is 0. The topological polar surface area (TPSA) is 57.0 Å². The minimum absolute atomic E-state index is 0. The van der Waals surface area contributed by atoms with Gasteiger partial charge in [0, 0.05) is 0 Å². The largest absolute Gasteiger partial charge is 4.00 e. The Balaban J connectivity index is 0. The van der Waals surface area contributed by atoms with Gasteiger partial charge in [0.25, 0.3) is 0 Å². The molecule has 0 heterocycles. The first-order chi connectivity index (χ1) is 0. The number of hydrogen-bond donors (Lipinski definition) is 0. The van der Waals surface area contributed by atoms with Crippen molar-refractivity contribution in [2.24, 2.45) is 0 Å². The maximum Gasteiger partial charge on any atom is 4.00 e. The molecule has 0 aromatic rings. The Hall–Kier alpha value is 2.86. The quantitative estimate of drug-likeness (QED) is 0.441. The van der Waals surface area contributed by atoms with Crippen LogP contribution in [-0.4, -0.2) is 0 Å². The Bertz CT molecular complexity index is 9.61. The maximum atomic E-state index is 0. The van der Waals surface area contributed by atoms with Gasteiger partial charge in [0.05, 0.1) is 0 Å². The fourth-order valence-corrected chi connectivity index (χ4v) is 0. The fraction of sp³-hybridized carbons (Fsp3) is 0. The van der Waals surface area contributed by atoms with E-state index in [0.717, 1.165) is 0 Å². The maximum absolute atomic E-state index is 0. The van der Waals surface area contributed by atoms with Crippen LogP contribution in [0.1, 0.15) is 1.43 Å². The van der Waals surface area contributed by atoms with Gasteiger partial charge in [-0.2, -0.15) is 0 Å². The van der Waals surface area contributed by atoms with Crippen molar-refractivity contribution in [3.8, 4) is 0 Å². The monoisotopic (exact) mass is 256 g/mol. The van der Waals surface area contributed by atoms with Gasteiger partial charge in [-0.3, -0.25) is 0 Å². The third-order valence-electron chi connectivity index (χ3n) is 0. The SMILES string of the molecule is [Cs+].[H-].[O-2].[O-2].[Zr+4]. The summed E-state index contributed by atoms with van der Waals surface area (Å²) in [6.07, 6.45) is 0. The molecule has 4 heteroatoms. The normalized spacial score (nSPS) is 0. The molecule has 0 aliphatic heterocycles. The van der Waals surface area contributed by atoms with Crippen LogP contribution < -0.4 is 68.9 Å². The molecular formula is HCsO2Zr. The second kappa shape index (κ2) is 16.9. The molecule has 18 valence electrons. The second-order valence-corrected chi connectivity index (χ2v) is 0. The first kappa shape index (κ1) is 28.8. The molecule has 0 aromatic carbocycles. The van der Waals surface area contributed by atoms with E-state index in [9.17, 15) is 0 Å². The third-order valence-corrected chi connectivity index (χ3v) is 0. The van der Waals surface area contributed by atoms with Gasteiger partial charge < -0.3 is 12.4 Å². The minimum atomic E-state index is 0. The van der Waals surface area contributed by atoms with Crippen LogP contribution in [0.15, 0.2) is 0 Å². The zero-order chi connectivity index (χ0) is 0. The predicted molar refractivity (Wildman–Crippen MR) is 2.49 cm³/mol. The smallest absolute Gasteiger partial charge is 2.00 e. The fourth-order valence-electron chi connectivity index (χ4n) is 0. The van der Waals surface area contributed by atoms with Crippen LogP contribution in [0.25, 0.3) is 0 Å². The van der Waals surface area contributed by atoms with Crippen molar-refractivity contribution in [1.29, 1.82) is 0 Å². The van der Waals surface area contributed by atoms with Crippen LogP contribution in [0.2, 0.25) is 0 Å². The molecule has 0 fully saturated rings. The Kier molecular flexibility index (Phi) is 122. The molecule has 0 aliphatic rings. The van der Waals surface area contributed by atoms with Crippen molar-refractivity contribution in [2.45, 2.75) is 0 Å². The molecule has 0 saturated heterocycles. The van der Waals surface area contributed by atoms with Crippen LogP contribution in [0.3, 0.4) is 0 Å². The molecule has 0 atom stereocenters. The van der Waals surface area contributed by atoms with E-state index >= 15 is 0 Å². The molecule has 0 aliphatic carbocycles. The van der Waals surface area contributed by atoms with Gasteiger partial charge in [-0.1, -0.05) is 0 Å². The van der Waals surface area contributed by atoms with E-state index in [1.807, 2.05) is 0 Å². The van der Waals surface area contributed by atoms with Crippen molar-refractivity contribution in [1.82, 2.24) is 0 Å². The Morgan fingerprint density at radius 2 is 1.00 bits per heavy atom. The average Bonchev–Trinajstić information content (AvgIpc) is 0. The van der Waals surface area contributed by atoms with Gasteiger partial charge in [0.1, 0.15) is 0 Å². The predicted octanol–water partition coefficient (Wildman–Crippen LogP) is -3.12. The first-order valence-corrected chi connectivity index (χ1v) is 0. The second-order valence-electron chi connectivity index (χ2n) is 0. The molecule has 0 bridgehead atoms. The van der Waals surface area contributed by atoms with Gasteiger partial charge in [-0.25, -0.2) is 0 Å². The van der Waals surface area contributed by atoms with Crippen LogP contribution >= 0.6 is 0 Å². The molecule has 0 rings (SSSR count). The van der Waals surface area contributed by atoms with Crippen LogP contribution in [0.4, 0.5) is 0 Å². The van der Waals surface area contributed by atoms with Crippen molar-refractivity contribution >= 4 is 0 Å². The van der Waals surface area contributed by atoms with E-state index in [1.54, 1.807) is 0 Å². The van der Waals surface area contributed by atoms with Crippen LogP contribution in [0, 0.1) is 0 Å². The van der Waals surface area contributed by atoms with Gasteiger partial charge in [0.2, 0.25) is 0 Å². The third kappa shape index (κ3) is 8.85. The molecule has 0 radical (unpaired) electrons. The molecule has 0 unspecified atom stereocenters. The summed E-state index contributed by atoms with van der Waals surface area (Å²) in [5, 5.41) is 0. The number of hydrogen-bond acceptors (Lipinski definition) is 0. The van der Waals surface area contributed by atoms with Gasteiger partial charge in [-0.15, -0.1) is 0 Å². The summed E-state index contributed by atoms with van der Waals surface area (Å²) >= 11 is 0. The van der Waals surface area contributed by atoms with Crippen molar-refractivity contribution in [2.75, 3.05) is 0 Å². The summed E-state index contributed by atoms with van der Waals surface area (Å²) in [5.74, 6) is 0. The van der Waals surface area contributed by atoms with Gasteiger partial charge in [-0.05, 0) is 0 Å². The van der Waals surface area contributed by atoms with Crippen molar-refractivity contribution in [3.63, 3.8) is 0 Å². The summed E-state index contributed by atoms with van der Waals surface area (Å²) in [7, 11) is 0. The summed E-state index contributed by atoms with van der Waals surface area (Å²) < 4.78 is 0. The Morgan fingerprint density at radius 1 is 1.00 bits per heavy atom. The van der Waals surface area contributed by atoms with E-state index in [1.165, 1.54) is 0 Å². The van der Waals surface area contributed by atoms with Gasteiger partial charge >= 0.3 is 95.1 Å². The van der Waals surface area contributed by atoms with Gasteiger partial charge in [0.15, 0.2) is 0 Å². The van der Waals surface area contributed by atoms with E-state index < -0.39 is 0 Å². The molecule has 0 amide bonds. The van der Waals surface area contributed by atoms with E-state index in [0.29, 0.717) is 0 Å².